The Labute approximate surface area is 124 Å². The summed E-state index contributed by atoms with van der Waals surface area (Å²) in [4.78, 5) is 13.9. The van der Waals surface area contributed by atoms with Gasteiger partial charge >= 0.3 is 0 Å². The number of halogens is 1. The Balaban J connectivity index is 1.92. The van der Waals surface area contributed by atoms with E-state index in [2.05, 4.69) is 24.1 Å². The van der Waals surface area contributed by atoms with Crippen LogP contribution in [0.15, 0.2) is 12.1 Å². The van der Waals surface area contributed by atoms with E-state index in [4.69, 9.17) is 17.3 Å². The van der Waals surface area contributed by atoms with Gasteiger partial charge in [-0.25, -0.2) is 0 Å². The summed E-state index contributed by atoms with van der Waals surface area (Å²) in [6.45, 7) is 6.57. The number of fused-ring (bicyclic) bond motifs is 1. The van der Waals surface area contributed by atoms with Crippen molar-refractivity contribution >= 4 is 28.9 Å². The largest absolute Gasteiger partial charge is 0.370 e. The molecule has 1 saturated heterocycles. The summed E-state index contributed by atoms with van der Waals surface area (Å²) in [5.74, 6) is 1.23. The van der Waals surface area contributed by atoms with Gasteiger partial charge in [0.25, 0.3) is 0 Å². The van der Waals surface area contributed by atoms with E-state index in [1.54, 1.807) is 0 Å². The Morgan fingerprint density at radius 1 is 1.35 bits per heavy atom. The van der Waals surface area contributed by atoms with E-state index in [0.717, 1.165) is 35.9 Å². The molecule has 0 radical (unpaired) electrons. The molecule has 5 heteroatoms. The van der Waals surface area contributed by atoms with E-state index < -0.39 is 6.04 Å². The number of nitrogens with two attached hydrogens (primary N) is 1. The van der Waals surface area contributed by atoms with Crippen LogP contribution in [-0.2, 0) is 4.79 Å². The molecule has 1 fully saturated rings. The van der Waals surface area contributed by atoms with Crippen molar-refractivity contribution in [3.05, 3.63) is 22.7 Å². The molecule has 108 valence electrons. The van der Waals surface area contributed by atoms with Gasteiger partial charge in [0, 0.05) is 24.3 Å². The van der Waals surface area contributed by atoms with Crippen LogP contribution in [-0.4, -0.2) is 19.0 Å². The van der Waals surface area contributed by atoms with E-state index in [9.17, 15) is 4.79 Å². The average Bonchev–Trinajstić information content (AvgIpc) is 2.68. The lowest BCUT2D eigenvalue weighted by Gasteiger charge is -2.37. The molecule has 3 unspecified atom stereocenters. The van der Waals surface area contributed by atoms with Crippen LogP contribution in [0.4, 0.5) is 11.4 Å². The number of nitrogens with zero attached hydrogens (tertiary/aromatic N) is 1. The van der Waals surface area contributed by atoms with Gasteiger partial charge in [-0.1, -0.05) is 25.4 Å². The monoisotopic (exact) mass is 293 g/mol. The lowest BCUT2D eigenvalue weighted by Crippen LogP contribution is -2.38. The summed E-state index contributed by atoms with van der Waals surface area (Å²) in [7, 11) is 0. The molecule has 3 rings (SSSR count). The maximum absolute atomic E-state index is 11.6. The fraction of sp³-hybridized carbons (Fsp3) is 0.533. The van der Waals surface area contributed by atoms with Crippen molar-refractivity contribution in [2.24, 2.45) is 17.6 Å². The SMILES string of the molecule is CC1CCN(c2cc3c(cc2Cl)C(N)C(=O)N3)CC1C. The van der Waals surface area contributed by atoms with Crippen LogP contribution < -0.4 is 16.0 Å². The zero-order valence-electron chi connectivity index (χ0n) is 11.8. The Morgan fingerprint density at radius 3 is 2.80 bits per heavy atom. The summed E-state index contributed by atoms with van der Waals surface area (Å²) < 4.78 is 0. The van der Waals surface area contributed by atoms with Crippen LogP contribution in [0.1, 0.15) is 31.9 Å². The van der Waals surface area contributed by atoms with E-state index in [1.807, 2.05) is 12.1 Å². The van der Waals surface area contributed by atoms with Gasteiger partial charge < -0.3 is 16.0 Å². The predicted molar refractivity (Wildman–Crippen MR) is 82.2 cm³/mol. The highest BCUT2D eigenvalue weighted by atomic mass is 35.5. The number of anilines is 2. The molecule has 0 saturated carbocycles. The van der Waals surface area contributed by atoms with Gasteiger partial charge in [0.15, 0.2) is 0 Å². The van der Waals surface area contributed by atoms with E-state index in [-0.39, 0.29) is 5.91 Å². The van der Waals surface area contributed by atoms with Crippen LogP contribution >= 0.6 is 11.6 Å². The third-order valence-corrected chi connectivity index (χ3v) is 4.97. The number of nitrogens with one attached hydrogen (secondary N) is 1. The Bertz CT molecular complexity index is 560. The fourth-order valence-electron chi connectivity index (χ4n) is 3.02. The number of amides is 1. The summed E-state index contributed by atoms with van der Waals surface area (Å²) in [6, 6.07) is 3.19. The zero-order valence-corrected chi connectivity index (χ0v) is 12.6. The summed E-state index contributed by atoms with van der Waals surface area (Å²) >= 11 is 6.40. The molecule has 0 aromatic heterocycles. The zero-order chi connectivity index (χ0) is 14.4. The Morgan fingerprint density at radius 2 is 2.10 bits per heavy atom. The van der Waals surface area contributed by atoms with Crippen LogP contribution in [0.5, 0.6) is 0 Å². The fourth-order valence-corrected chi connectivity index (χ4v) is 3.31. The van der Waals surface area contributed by atoms with Crippen LogP contribution in [0.3, 0.4) is 0 Å². The lowest BCUT2D eigenvalue weighted by molar-refractivity contribution is -0.116. The topological polar surface area (TPSA) is 58.4 Å². The van der Waals surface area contributed by atoms with Crippen molar-refractivity contribution in [1.29, 1.82) is 0 Å². The van der Waals surface area contributed by atoms with Crippen LogP contribution in [0.2, 0.25) is 5.02 Å². The first-order valence-electron chi connectivity index (χ1n) is 7.12. The number of hydrogen-bond donors (Lipinski definition) is 2. The third-order valence-electron chi connectivity index (χ3n) is 4.67. The lowest BCUT2D eigenvalue weighted by atomic mass is 9.88. The summed E-state index contributed by atoms with van der Waals surface area (Å²) in [5, 5.41) is 3.50. The maximum Gasteiger partial charge on any atom is 0.245 e. The number of carbonyl (C=O) groups is 1. The van der Waals surface area contributed by atoms with Crippen molar-refractivity contribution in [1.82, 2.24) is 0 Å². The first kappa shape index (κ1) is 13.7. The van der Waals surface area contributed by atoms with Crippen molar-refractivity contribution in [3.8, 4) is 0 Å². The van der Waals surface area contributed by atoms with Gasteiger partial charge in [-0.2, -0.15) is 0 Å². The summed E-state index contributed by atoms with van der Waals surface area (Å²) in [5.41, 5.74) is 8.43. The van der Waals surface area contributed by atoms with Crippen molar-refractivity contribution in [3.63, 3.8) is 0 Å². The van der Waals surface area contributed by atoms with Crippen molar-refractivity contribution in [2.45, 2.75) is 26.3 Å². The van der Waals surface area contributed by atoms with Gasteiger partial charge in [-0.3, -0.25) is 4.79 Å². The van der Waals surface area contributed by atoms with Gasteiger partial charge in [-0.05, 0) is 30.4 Å². The smallest absolute Gasteiger partial charge is 0.245 e. The molecule has 3 atom stereocenters. The highest BCUT2D eigenvalue weighted by Gasteiger charge is 2.30. The highest BCUT2D eigenvalue weighted by molar-refractivity contribution is 6.33. The molecule has 20 heavy (non-hydrogen) atoms. The second-order valence-corrected chi connectivity index (χ2v) is 6.45. The van der Waals surface area contributed by atoms with Crippen LogP contribution in [0.25, 0.3) is 0 Å². The maximum atomic E-state index is 11.6. The number of hydrogen-bond acceptors (Lipinski definition) is 3. The highest BCUT2D eigenvalue weighted by Crippen LogP contribution is 2.39. The van der Waals surface area contributed by atoms with E-state index in [1.165, 1.54) is 6.42 Å². The molecule has 3 N–H and O–H groups in total. The summed E-state index contributed by atoms with van der Waals surface area (Å²) in [6.07, 6.45) is 1.17. The molecule has 2 aliphatic heterocycles. The Kier molecular flexibility index (Phi) is 3.38. The number of benzene rings is 1. The van der Waals surface area contributed by atoms with Gasteiger partial charge in [0.1, 0.15) is 6.04 Å². The number of carbonyl (C=O) groups excluding carboxylic acids is 1. The molecule has 4 nitrogen and oxygen atoms in total. The predicted octanol–water partition coefficient (Wildman–Crippen LogP) is 2.77. The molecule has 0 spiro atoms. The first-order chi connectivity index (χ1) is 9.47. The third kappa shape index (κ3) is 2.17. The quantitative estimate of drug-likeness (QED) is 0.837. The standard InChI is InChI=1S/C15H20ClN3O/c1-8-3-4-19(7-9(8)2)13-6-12-10(5-11(13)16)14(17)15(20)18-12/h5-6,8-9,14H,3-4,7,17H2,1-2H3,(H,18,20). The minimum atomic E-state index is -0.600. The van der Waals surface area contributed by atoms with Crippen molar-refractivity contribution in [2.75, 3.05) is 23.3 Å². The second kappa shape index (κ2) is 4.93. The average molecular weight is 294 g/mol. The van der Waals surface area contributed by atoms with Gasteiger partial charge in [0.05, 0.1) is 10.7 Å². The molecule has 1 amide bonds. The number of rotatable bonds is 1. The molecule has 0 aliphatic carbocycles. The van der Waals surface area contributed by atoms with E-state index in [0.29, 0.717) is 10.9 Å². The number of piperidine rings is 1. The Hall–Kier alpha value is -1.26. The minimum absolute atomic E-state index is 0.158. The molecule has 0 bridgehead atoms. The normalized spacial score (nSPS) is 29.3. The molecular formula is C15H20ClN3O. The van der Waals surface area contributed by atoms with Gasteiger partial charge in [-0.15, -0.1) is 0 Å². The second-order valence-electron chi connectivity index (χ2n) is 6.05. The molecular weight excluding hydrogens is 274 g/mol. The van der Waals surface area contributed by atoms with E-state index >= 15 is 0 Å². The molecule has 2 heterocycles. The first-order valence-corrected chi connectivity index (χ1v) is 7.50. The minimum Gasteiger partial charge on any atom is -0.370 e. The van der Waals surface area contributed by atoms with Gasteiger partial charge in [0.2, 0.25) is 5.91 Å². The molecule has 1 aromatic carbocycles. The molecule has 1 aromatic rings. The van der Waals surface area contributed by atoms with Crippen LogP contribution in [0, 0.1) is 11.8 Å². The van der Waals surface area contributed by atoms with Crippen molar-refractivity contribution < 1.29 is 4.79 Å². The molecule has 2 aliphatic rings.